The van der Waals surface area contributed by atoms with Gasteiger partial charge in [-0.1, -0.05) is 0 Å². The minimum atomic E-state index is -2.66. The summed E-state index contributed by atoms with van der Waals surface area (Å²) in [6.45, 7) is 0.0164. The zero-order valence-corrected chi connectivity index (χ0v) is 12.6. The van der Waals surface area contributed by atoms with Crippen molar-refractivity contribution in [3.8, 4) is 0 Å². The van der Waals surface area contributed by atoms with Gasteiger partial charge < -0.3 is 14.9 Å². The van der Waals surface area contributed by atoms with Crippen LogP contribution in [0, 0.1) is 0 Å². The zero-order valence-electron chi connectivity index (χ0n) is 12.6. The van der Waals surface area contributed by atoms with E-state index in [1.54, 1.807) is 0 Å². The van der Waals surface area contributed by atoms with E-state index in [4.69, 9.17) is 0 Å². The molecule has 0 saturated carbocycles. The van der Waals surface area contributed by atoms with Crippen LogP contribution in [-0.4, -0.2) is 64.2 Å². The standard InChI is InChI=1S/C14H24F2N4O/c1-18(2)11-3-7-19(8-4-11)9-5-12(21)13-17-6-10-20(13)14(15)16/h6,10-12,14,21H,3-5,7-9H2,1-2H3. The van der Waals surface area contributed by atoms with Crippen molar-refractivity contribution in [2.24, 2.45) is 0 Å². The molecule has 1 fully saturated rings. The summed E-state index contributed by atoms with van der Waals surface area (Å²) in [7, 11) is 4.18. The van der Waals surface area contributed by atoms with Crippen LogP contribution < -0.4 is 0 Å². The van der Waals surface area contributed by atoms with Crippen LogP contribution in [0.25, 0.3) is 0 Å². The first-order valence-corrected chi connectivity index (χ1v) is 7.36. The topological polar surface area (TPSA) is 44.5 Å². The van der Waals surface area contributed by atoms with Gasteiger partial charge in [-0.3, -0.25) is 4.57 Å². The maximum Gasteiger partial charge on any atom is 0.320 e. The Balaban J connectivity index is 1.79. The molecule has 0 radical (unpaired) electrons. The van der Waals surface area contributed by atoms with Gasteiger partial charge in [-0.2, -0.15) is 8.78 Å². The lowest BCUT2D eigenvalue weighted by Gasteiger charge is -2.35. The van der Waals surface area contributed by atoms with E-state index in [0.29, 0.717) is 19.0 Å². The third-order valence-electron chi connectivity index (χ3n) is 4.21. The van der Waals surface area contributed by atoms with Gasteiger partial charge in [-0.25, -0.2) is 4.98 Å². The molecule has 0 aromatic carbocycles. The minimum absolute atomic E-state index is 0.0492. The Kier molecular flexibility index (Phi) is 5.66. The second-order valence-corrected chi connectivity index (χ2v) is 5.81. The lowest BCUT2D eigenvalue weighted by molar-refractivity contribution is 0.0493. The SMILES string of the molecule is CN(C)C1CCN(CCC(O)c2nccn2C(F)F)CC1. The van der Waals surface area contributed by atoms with Crippen molar-refractivity contribution in [1.82, 2.24) is 19.4 Å². The number of aromatic nitrogens is 2. The molecule has 120 valence electrons. The molecule has 1 N–H and O–H groups in total. The van der Waals surface area contributed by atoms with Crippen LogP contribution in [0.4, 0.5) is 8.78 Å². The average Bonchev–Trinajstić information content (AvgIpc) is 2.95. The molecule has 1 aliphatic heterocycles. The Morgan fingerprint density at radius 1 is 1.38 bits per heavy atom. The molecule has 0 amide bonds. The molecule has 1 saturated heterocycles. The van der Waals surface area contributed by atoms with Crippen LogP contribution in [0.1, 0.15) is 37.7 Å². The quantitative estimate of drug-likeness (QED) is 0.869. The highest BCUT2D eigenvalue weighted by Crippen LogP contribution is 2.22. The third kappa shape index (κ3) is 4.21. The molecule has 21 heavy (non-hydrogen) atoms. The zero-order chi connectivity index (χ0) is 15.4. The highest BCUT2D eigenvalue weighted by molar-refractivity contribution is 4.97. The van der Waals surface area contributed by atoms with Crippen molar-refractivity contribution in [2.45, 2.75) is 38.0 Å². The van der Waals surface area contributed by atoms with Crippen LogP contribution in [0.3, 0.4) is 0 Å². The van der Waals surface area contributed by atoms with Gasteiger partial charge in [0.15, 0.2) is 0 Å². The molecule has 1 unspecified atom stereocenters. The first-order valence-electron chi connectivity index (χ1n) is 7.36. The van der Waals surface area contributed by atoms with Crippen molar-refractivity contribution in [1.29, 1.82) is 0 Å². The van der Waals surface area contributed by atoms with E-state index in [1.807, 2.05) is 0 Å². The molecular formula is C14H24F2N4O. The Morgan fingerprint density at radius 2 is 2.05 bits per heavy atom. The van der Waals surface area contributed by atoms with Gasteiger partial charge in [0.25, 0.3) is 0 Å². The van der Waals surface area contributed by atoms with Gasteiger partial charge in [-0.15, -0.1) is 0 Å². The molecule has 1 aromatic heterocycles. The number of hydrogen-bond acceptors (Lipinski definition) is 4. The van der Waals surface area contributed by atoms with Gasteiger partial charge >= 0.3 is 6.55 Å². The molecule has 0 bridgehead atoms. The first kappa shape index (κ1) is 16.3. The molecule has 1 aromatic rings. The van der Waals surface area contributed by atoms with Gasteiger partial charge in [0.2, 0.25) is 0 Å². The number of hydrogen-bond donors (Lipinski definition) is 1. The summed E-state index contributed by atoms with van der Waals surface area (Å²) in [5.74, 6) is 0.0492. The number of aliphatic hydroxyl groups excluding tert-OH is 1. The van der Waals surface area contributed by atoms with E-state index in [0.717, 1.165) is 30.5 Å². The van der Waals surface area contributed by atoms with Gasteiger partial charge in [0.05, 0.1) is 0 Å². The Labute approximate surface area is 124 Å². The summed E-state index contributed by atoms with van der Waals surface area (Å²) < 4.78 is 26.2. The molecule has 1 atom stereocenters. The molecule has 0 aliphatic carbocycles. The number of likely N-dealkylation sites (tertiary alicyclic amines) is 1. The van der Waals surface area contributed by atoms with Gasteiger partial charge in [0, 0.05) is 25.0 Å². The molecule has 2 heterocycles. The van der Waals surface area contributed by atoms with E-state index in [1.165, 1.54) is 12.4 Å². The third-order valence-corrected chi connectivity index (χ3v) is 4.21. The lowest BCUT2D eigenvalue weighted by atomic mass is 10.0. The Bertz CT molecular complexity index is 430. The number of halogens is 2. The largest absolute Gasteiger partial charge is 0.385 e. The van der Waals surface area contributed by atoms with Crippen molar-refractivity contribution < 1.29 is 13.9 Å². The highest BCUT2D eigenvalue weighted by Gasteiger charge is 2.23. The number of piperidine rings is 1. The molecule has 1 aliphatic rings. The summed E-state index contributed by atoms with van der Waals surface area (Å²) in [6, 6.07) is 0.615. The number of rotatable bonds is 6. The van der Waals surface area contributed by atoms with Crippen LogP contribution in [0.5, 0.6) is 0 Å². The second kappa shape index (κ2) is 7.29. The number of imidazole rings is 1. The highest BCUT2D eigenvalue weighted by atomic mass is 19.3. The number of nitrogens with zero attached hydrogens (tertiary/aromatic N) is 4. The fraction of sp³-hybridized carbons (Fsp3) is 0.786. The minimum Gasteiger partial charge on any atom is -0.385 e. The maximum absolute atomic E-state index is 12.7. The van der Waals surface area contributed by atoms with E-state index in [-0.39, 0.29) is 5.82 Å². The number of aliphatic hydroxyl groups is 1. The molecule has 7 heteroatoms. The fourth-order valence-electron chi connectivity index (χ4n) is 2.84. The summed E-state index contributed by atoms with van der Waals surface area (Å²) in [5, 5.41) is 10.1. The predicted molar refractivity (Wildman–Crippen MR) is 76.2 cm³/mol. The van der Waals surface area contributed by atoms with Crippen LogP contribution >= 0.6 is 0 Å². The summed E-state index contributed by atoms with van der Waals surface area (Å²) >= 11 is 0. The predicted octanol–water partition coefficient (Wildman–Crippen LogP) is 1.73. The van der Waals surface area contributed by atoms with E-state index in [9.17, 15) is 13.9 Å². The van der Waals surface area contributed by atoms with Crippen molar-refractivity contribution in [3.63, 3.8) is 0 Å². The van der Waals surface area contributed by atoms with Crippen LogP contribution in [0.2, 0.25) is 0 Å². The summed E-state index contributed by atoms with van der Waals surface area (Å²) in [6.07, 6.45) is 4.19. The van der Waals surface area contributed by atoms with Crippen LogP contribution in [0.15, 0.2) is 12.4 Å². The average molecular weight is 302 g/mol. The van der Waals surface area contributed by atoms with E-state index < -0.39 is 12.7 Å². The van der Waals surface area contributed by atoms with Crippen LogP contribution in [-0.2, 0) is 0 Å². The fourth-order valence-corrected chi connectivity index (χ4v) is 2.84. The van der Waals surface area contributed by atoms with Gasteiger partial charge in [-0.05, 0) is 46.4 Å². The van der Waals surface area contributed by atoms with Crippen molar-refractivity contribution in [2.75, 3.05) is 33.7 Å². The first-order chi connectivity index (χ1) is 9.99. The molecule has 2 rings (SSSR count). The summed E-state index contributed by atoms with van der Waals surface area (Å²) in [4.78, 5) is 8.36. The Morgan fingerprint density at radius 3 is 2.62 bits per heavy atom. The maximum atomic E-state index is 12.7. The molecule has 0 spiro atoms. The van der Waals surface area contributed by atoms with E-state index >= 15 is 0 Å². The second-order valence-electron chi connectivity index (χ2n) is 5.81. The lowest BCUT2D eigenvalue weighted by Crippen LogP contribution is -2.42. The normalized spacial score (nSPS) is 19.6. The smallest absolute Gasteiger partial charge is 0.320 e. The summed E-state index contributed by atoms with van der Waals surface area (Å²) in [5.41, 5.74) is 0. The Hall–Kier alpha value is -1.05. The van der Waals surface area contributed by atoms with E-state index in [2.05, 4.69) is 28.9 Å². The molecular weight excluding hydrogens is 278 g/mol. The van der Waals surface area contributed by atoms with Crippen molar-refractivity contribution >= 4 is 0 Å². The monoisotopic (exact) mass is 302 g/mol. The molecule has 5 nitrogen and oxygen atoms in total. The number of alkyl halides is 2. The van der Waals surface area contributed by atoms with Gasteiger partial charge in [0.1, 0.15) is 11.9 Å². The van der Waals surface area contributed by atoms with Crippen molar-refractivity contribution in [3.05, 3.63) is 18.2 Å².